The number of aromatic amines is 1. The van der Waals surface area contributed by atoms with Crippen molar-refractivity contribution in [3.8, 4) is 0 Å². The number of hydrogen-bond donors (Lipinski definition) is 3. The van der Waals surface area contributed by atoms with Gasteiger partial charge >= 0.3 is 0 Å². The number of aryl methyl sites for hydroxylation is 1. The maximum atomic E-state index is 12.9. The first-order chi connectivity index (χ1) is 14.5. The van der Waals surface area contributed by atoms with E-state index in [9.17, 15) is 9.59 Å². The van der Waals surface area contributed by atoms with Crippen molar-refractivity contribution in [2.75, 3.05) is 10.6 Å². The van der Waals surface area contributed by atoms with Crippen LogP contribution in [0.1, 0.15) is 22.6 Å². The molecule has 4 aromatic rings. The molecule has 4 rings (SSSR count). The zero-order valence-electron chi connectivity index (χ0n) is 16.1. The number of fused-ring (bicyclic) bond motifs is 1. The number of aromatic nitrogens is 4. The lowest BCUT2D eigenvalue weighted by Crippen LogP contribution is -2.23. The van der Waals surface area contributed by atoms with E-state index in [0.717, 1.165) is 4.88 Å². The molecule has 30 heavy (non-hydrogen) atoms. The summed E-state index contributed by atoms with van der Waals surface area (Å²) in [5.74, 6) is 0.520. The molecular formula is C20H19ClN6O2S. The molecule has 0 saturated carbocycles. The second-order valence-electron chi connectivity index (χ2n) is 6.65. The van der Waals surface area contributed by atoms with E-state index in [2.05, 4.69) is 25.7 Å². The molecule has 3 aromatic heterocycles. The minimum absolute atomic E-state index is 0.132. The predicted molar refractivity (Wildman–Crippen MR) is 118 cm³/mol. The lowest BCUT2D eigenvalue weighted by atomic mass is 10.1. The number of carbonyl (C=O) groups excluding carboxylic acids is 1. The van der Waals surface area contributed by atoms with E-state index in [0.29, 0.717) is 34.5 Å². The van der Waals surface area contributed by atoms with Crippen molar-refractivity contribution in [2.45, 2.75) is 26.3 Å². The summed E-state index contributed by atoms with van der Waals surface area (Å²) in [6.45, 7) is 2.34. The maximum Gasteiger partial charge on any atom is 0.277 e. The highest BCUT2D eigenvalue weighted by molar-refractivity contribution is 7.09. The van der Waals surface area contributed by atoms with Crippen molar-refractivity contribution in [1.29, 1.82) is 0 Å². The first-order valence-corrected chi connectivity index (χ1v) is 10.6. The van der Waals surface area contributed by atoms with Gasteiger partial charge in [-0.3, -0.25) is 14.7 Å². The van der Waals surface area contributed by atoms with E-state index in [1.165, 1.54) is 4.52 Å². The average Bonchev–Trinajstić information content (AvgIpc) is 3.37. The highest BCUT2D eigenvalue weighted by Crippen LogP contribution is 2.20. The minimum Gasteiger partial charge on any atom is -0.350 e. The van der Waals surface area contributed by atoms with Crippen LogP contribution < -0.4 is 16.2 Å². The summed E-state index contributed by atoms with van der Waals surface area (Å²) in [6, 6.07) is 11.0. The SMILES string of the molecule is Cc1nc2nc(NCc3cccs3)[nH]n2c(=O)c1CCC(=O)Nc1ccccc1Cl. The first-order valence-electron chi connectivity index (χ1n) is 9.30. The van der Waals surface area contributed by atoms with Gasteiger partial charge in [0, 0.05) is 16.9 Å². The largest absolute Gasteiger partial charge is 0.350 e. The summed E-state index contributed by atoms with van der Waals surface area (Å²) >= 11 is 7.70. The molecule has 1 amide bonds. The van der Waals surface area contributed by atoms with E-state index in [4.69, 9.17) is 11.6 Å². The topological polar surface area (TPSA) is 104 Å². The summed E-state index contributed by atoms with van der Waals surface area (Å²) in [7, 11) is 0. The Morgan fingerprint density at radius 3 is 2.83 bits per heavy atom. The van der Waals surface area contributed by atoms with Gasteiger partial charge in [0.05, 0.1) is 22.9 Å². The number of amides is 1. The average molecular weight is 443 g/mol. The molecular weight excluding hydrogens is 424 g/mol. The maximum absolute atomic E-state index is 12.9. The second-order valence-corrected chi connectivity index (χ2v) is 8.09. The van der Waals surface area contributed by atoms with E-state index < -0.39 is 0 Å². The second kappa shape index (κ2) is 8.68. The van der Waals surface area contributed by atoms with Crippen molar-refractivity contribution < 1.29 is 4.79 Å². The number of benzene rings is 1. The van der Waals surface area contributed by atoms with Crippen molar-refractivity contribution in [2.24, 2.45) is 0 Å². The van der Waals surface area contributed by atoms with Crippen molar-refractivity contribution >= 4 is 46.3 Å². The van der Waals surface area contributed by atoms with Crippen molar-refractivity contribution in [3.63, 3.8) is 0 Å². The van der Waals surface area contributed by atoms with Gasteiger partial charge in [-0.2, -0.15) is 9.50 Å². The number of nitrogens with zero attached hydrogens (tertiary/aromatic N) is 3. The molecule has 3 N–H and O–H groups in total. The Labute approximate surface area is 180 Å². The van der Waals surface area contributed by atoms with Gasteiger partial charge in [-0.1, -0.05) is 29.8 Å². The molecule has 154 valence electrons. The lowest BCUT2D eigenvalue weighted by Gasteiger charge is -2.08. The van der Waals surface area contributed by atoms with Crippen LogP contribution in [0.2, 0.25) is 5.02 Å². The Balaban J connectivity index is 1.47. The summed E-state index contributed by atoms with van der Waals surface area (Å²) in [6.07, 6.45) is 0.389. The van der Waals surface area contributed by atoms with Crippen LogP contribution in [0.4, 0.5) is 11.6 Å². The summed E-state index contributed by atoms with van der Waals surface area (Å²) in [4.78, 5) is 35.1. The van der Waals surface area contributed by atoms with Crippen molar-refractivity contribution in [1.82, 2.24) is 19.6 Å². The minimum atomic E-state index is -0.264. The van der Waals surface area contributed by atoms with Crippen LogP contribution in [0.5, 0.6) is 0 Å². The summed E-state index contributed by atoms with van der Waals surface area (Å²) in [5, 5.41) is 11.3. The van der Waals surface area contributed by atoms with E-state index in [1.807, 2.05) is 17.5 Å². The Morgan fingerprint density at radius 1 is 1.23 bits per heavy atom. The third-order valence-electron chi connectivity index (χ3n) is 4.56. The molecule has 0 saturated heterocycles. The number of carbonyl (C=O) groups is 1. The Bertz CT molecular complexity index is 1250. The smallest absolute Gasteiger partial charge is 0.277 e. The van der Waals surface area contributed by atoms with Gasteiger partial charge < -0.3 is 10.6 Å². The molecule has 0 atom stereocenters. The van der Waals surface area contributed by atoms with Gasteiger partial charge in [0.15, 0.2) is 0 Å². The van der Waals surface area contributed by atoms with E-state index in [-0.39, 0.29) is 30.1 Å². The Kier molecular flexibility index (Phi) is 5.82. The van der Waals surface area contributed by atoms with Crippen LogP contribution >= 0.6 is 22.9 Å². The van der Waals surface area contributed by atoms with Gasteiger partial charge in [0.2, 0.25) is 11.9 Å². The molecule has 0 fully saturated rings. The fraction of sp³-hybridized carbons (Fsp3) is 0.200. The monoisotopic (exact) mass is 442 g/mol. The van der Waals surface area contributed by atoms with E-state index >= 15 is 0 Å². The number of H-pyrrole nitrogens is 1. The zero-order valence-corrected chi connectivity index (χ0v) is 17.7. The highest BCUT2D eigenvalue weighted by Gasteiger charge is 2.15. The normalized spacial score (nSPS) is 11.0. The van der Waals surface area contributed by atoms with Crippen LogP contribution in [-0.4, -0.2) is 25.5 Å². The molecule has 0 aliphatic carbocycles. The molecule has 10 heteroatoms. The van der Waals surface area contributed by atoms with Crippen LogP contribution in [0, 0.1) is 6.92 Å². The molecule has 0 radical (unpaired) electrons. The fourth-order valence-electron chi connectivity index (χ4n) is 3.02. The quantitative estimate of drug-likeness (QED) is 0.405. The van der Waals surface area contributed by atoms with Crippen LogP contribution in [0.25, 0.3) is 5.78 Å². The third kappa shape index (κ3) is 4.37. The molecule has 0 bridgehead atoms. The number of halogens is 1. The molecule has 0 spiro atoms. The highest BCUT2D eigenvalue weighted by atomic mass is 35.5. The summed E-state index contributed by atoms with van der Waals surface area (Å²) < 4.78 is 1.30. The van der Waals surface area contributed by atoms with Crippen molar-refractivity contribution in [3.05, 3.63) is 73.3 Å². The molecule has 0 aliphatic rings. The molecule has 1 aromatic carbocycles. The molecule has 8 nitrogen and oxygen atoms in total. The van der Waals surface area contributed by atoms with Gasteiger partial charge in [-0.05, 0) is 36.9 Å². The van der Waals surface area contributed by atoms with Gasteiger partial charge in [0.1, 0.15) is 0 Å². The Hall–Kier alpha value is -3.17. The van der Waals surface area contributed by atoms with E-state index in [1.54, 1.807) is 42.5 Å². The number of thiophene rings is 1. The number of nitrogens with one attached hydrogen (secondary N) is 3. The van der Waals surface area contributed by atoms with Crippen LogP contribution in [-0.2, 0) is 17.8 Å². The molecule has 3 heterocycles. The molecule has 0 aliphatic heterocycles. The van der Waals surface area contributed by atoms with Crippen LogP contribution in [0.15, 0.2) is 46.6 Å². The standard InChI is InChI=1S/C20H19ClN6O2S/c1-12-14(8-9-17(28)24-16-7-3-2-6-15(16)21)18(29)27-20(23-12)25-19(26-27)22-11-13-5-4-10-30-13/h2-7,10H,8-9,11H2,1H3,(H,24,28)(H2,22,23,25,26). The number of hydrogen-bond acceptors (Lipinski definition) is 6. The zero-order chi connectivity index (χ0) is 21.1. The number of rotatable bonds is 7. The van der Waals surface area contributed by atoms with Gasteiger partial charge in [-0.15, -0.1) is 11.3 Å². The summed E-state index contributed by atoms with van der Waals surface area (Å²) in [5.41, 5.74) is 1.30. The fourth-order valence-corrected chi connectivity index (χ4v) is 3.85. The Morgan fingerprint density at radius 2 is 2.07 bits per heavy atom. The van der Waals surface area contributed by atoms with Crippen LogP contribution in [0.3, 0.4) is 0 Å². The van der Waals surface area contributed by atoms with Gasteiger partial charge in [-0.25, -0.2) is 4.98 Å². The van der Waals surface area contributed by atoms with Gasteiger partial charge in [0.25, 0.3) is 11.3 Å². The number of para-hydroxylation sites is 1. The first kappa shape index (κ1) is 20.1. The molecule has 0 unspecified atom stereocenters. The predicted octanol–water partition coefficient (Wildman–Crippen LogP) is 3.62. The third-order valence-corrected chi connectivity index (χ3v) is 5.76. The number of anilines is 2. The lowest BCUT2D eigenvalue weighted by molar-refractivity contribution is -0.116.